The molecule has 1 atom stereocenters. The number of carbonyl (C=O) groups excluding carboxylic acids is 1. The van der Waals surface area contributed by atoms with Crippen molar-refractivity contribution in [2.45, 2.75) is 4.90 Å². The van der Waals surface area contributed by atoms with E-state index in [9.17, 15) is 13.8 Å². The first-order chi connectivity index (χ1) is 15.6. The number of anilines is 2. The fraction of sp³-hybridized carbons (Fsp3) is 0.0435. The lowest BCUT2D eigenvalue weighted by atomic mass is 10.1. The van der Waals surface area contributed by atoms with Crippen LogP contribution in [0.2, 0.25) is 0 Å². The van der Waals surface area contributed by atoms with E-state index in [4.69, 9.17) is 8.60 Å². The van der Waals surface area contributed by atoms with Gasteiger partial charge in [0.2, 0.25) is 0 Å². The monoisotopic (exact) mass is 462 g/mol. The lowest BCUT2D eigenvalue weighted by molar-refractivity contribution is 0.103. The summed E-state index contributed by atoms with van der Waals surface area (Å²) in [5, 5.41) is 9.13. The Kier molecular flexibility index (Phi) is 4.35. The van der Waals surface area contributed by atoms with Crippen molar-refractivity contribution in [3.8, 4) is 0 Å². The third-order valence-corrected chi connectivity index (χ3v) is 7.26. The molecular formula is C23H14N2O5S2. The zero-order valence-corrected chi connectivity index (χ0v) is 18.0. The van der Waals surface area contributed by atoms with Crippen LogP contribution in [0.4, 0.5) is 11.4 Å². The molecule has 0 aliphatic carbocycles. The van der Waals surface area contributed by atoms with Crippen LogP contribution in [0.25, 0.3) is 31.8 Å². The first kappa shape index (κ1) is 19.2. The number of fused-ring (bicyclic) bond motifs is 3. The molecule has 32 heavy (non-hydrogen) atoms. The lowest BCUT2D eigenvalue weighted by Gasteiger charge is -2.11. The van der Waals surface area contributed by atoms with Crippen molar-refractivity contribution in [3.63, 3.8) is 0 Å². The highest BCUT2D eigenvalue weighted by molar-refractivity contribution is 7.80. The van der Waals surface area contributed by atoms with Gasteiger partial charge in [0.1, 0.15) is 6.73 Å². The standard InChI is InChI=1S/C23H14N2O5S2/c26-22-15-7-3-6-14-19(9-8-16(25-22)20(14)15)32(28)29-11-24-17-10-18-21(30-23(27)31-18)13-5-2-1-4-12(13)17/h1-10,24H,11H2,(H,25,26). The third-order valence-electron chi connectivity index (χ3n) is 5.44. The van der Waals surface area contributed by atoms with E-state index in [1.165, 1.54) is 0 Å². The Bertz CT molecular complexity index is 1650. The maximum atomic E-state index is 12.9. The van der Waals surface area contributed by atoms with Gasteiger partial charge in [0, 0.05) is 38.5 Å². The van der Waals surface area contributed by atoms with Crippen molar-refractivity contribution < 1.29 is 17.6 Å². The molecule has 0 bridgehead atoms. The summed E-state index contributed by atoms with van der Waals surface area (Å²) in [6.45, 7) is -0.0189. The van der Waals surface area contributed by atoms with E-state index in [-0.39, 0.29) is 17.6 Å². The fourth-order valence-electron chi connectivity index (χ4n) is 4.08. The molecule has 158 valence electrons. The molecule has 6 rings (SSSR count). The topological polar surface area (TPSA) is 97.6 Å². The maximum absolute atomic E-state index is 12.9. The van der Waals surface area contributed by atoms with E-state index in [1.54, 1.807) is 24.3 Å². The van der Waals surface area contributed by atoms with Crippen LogP contribution in [-0.4, -0.2) is 16.8 Å². The van der Waals surface area contributed by atoms with Gasteiger partial charge >= 0.3 is 4.94 Å². The number of hydrogen-bond donors (Lipinski definition) is 2. The predicted molar refractivity (Wildman–Crippen MR) is 126 cm³/mol. The SMILES string of the molecule is O=C1Nc2ccc(S(=O)OCNc3cc4sc(=O)oc4c4ccccc34)c3cccc1c23. The first-order valence-corrected chi connectivity index (χ1v) is 11.6. The minimum Gasteiger partial charge on any atom is -0.413 e. The smallest absolute Gasteiger partial charge is 0.396 e. The second-order valence-corrected chi connectivity index (χ2v) is 9.34. The summed E-state index contributed by atoms with van der Waals surface area (Å²) in [5.74, 6) is -0.167. The zero-order chi connectivity index (χ0) is 21.8. The quantitative estimate of drug-likeness (QED) is 0.363. The van der Waals surface area contributed by atoms with E-state index >= 15 is 0 Å². The summed E-state index contributed by atoms with van der Waals surface area (Å²) in [5.41, 5.74) is 2.57. The Balaban J connectivity index is 1.29. The molecule has 0 fully saturated rings. The molecule has 1 aliphatic heterocycles. The zero-order valence-electron chi connectivity index (χ0n) is 16.3. The maximum Gasteiger partial charge on any atom is 0.396 e. The van der Waals surface area contributed by atoms with Gasteiger partial charge in [-0.05, 0) is 24.3 Å². The van der Waals surface area contributed by atoms with E-state index in [1.807, 2.05) is 36.4 Å². The highest BCUT2D eigenvalue weighted by atomic mass is 32.2. The van der Waals surface area contributed by atoms with E-state index in [2.05, 4.69) is 10.6 Å². The van der Waals surface area contributed by atoms with Crippen molar-refractivity contribution in [1.82, 2.24) is 0 Å². The van der Waals surface area contributed by atoms with Gasteiger partial charge in [-0.25, -0.2) is 9.00 Å². The minimum absolute atomic E-state index is 0.0189. The summed E-state index contributed by atoms with van der Waals surface area (Å²) in [6.07, 6.45) is 0. The van der Waals surface area contributed by atoms with Gasteiger partial charge < -0.3 is 15.1 Å². The first-order valence-electron chi connectivity index (χ1n) is 9.71. The lowest BCUT2D eigenvalue weighted by Crippen LogP contribution is -2.09. The second kappa shape index (κ2) is 7.27. The highest BCUT2D eigenvalue weighted by Gasteiger charge is 2.24. The molecule has 1 unspecified atom stereocenters. The number of benzene rings is 4. The molecule has 0 saturated carbocycles. The Morgan fingerprint density at radius 1 is 1.00 bits per heavy atom. The largest absolute Gasteiger partial charge is 0.413 e. The minimum atomic E-state index is -1.76. The normalized spacial score (nSPS) is 13.7. The van der Waals surface area contributed by atoms with Crippen LogP contribution in [0, 0.1) is 0 Å². The average Bonchev–Trinajstić information content (AvgIpc) is 3.34. The number of rotatable bonds is 5. The highest BCUT2D eigenvalue weighted by Crippen LogP contribution is 2.36. The molecule has 2 N–H and O–H groups in total. The van der Waals surface area contributed by atoms with Crippen molar-refractivity contribution in [3.05, 3.63) is 76.0 Å². The van der Waals surface area contributed by atoms with Gasteiger partial charge in [-0.2, -0.15) is 0 Å². The van der Waals surface area contributed by atoms with Crippen molar-refractivity contribution >= 4 is 71.5 Å². The summed E-state index contributed by atoms with van der Waals surface area (Å²) in [6, 6.07) is 18.2. The van der Waals surface area contributed by atoms with Crippen LogP contribution in [0.3, 0.4) is 0 Å². The van der Waals surface area contributed by atoms with E-state index < -0.39 is 11.1 Å². The Labute approximate surface area is 187 Å². The number of hydrogen-bond acceptors (Lipinski definition) is 7. The van der Waals surface area contributed by atoms with Crippen LogP contribution < -0.4 is 15.6 Å². The van der Waals surface area contributed by atoms with Crippen molar-refractivity contribution in [1.29, 1.82) is 0 Å². The van der Waals surface area contributed by atoms with Gasteiger partial charge in [0.25, 0.3) is 5.91 Å². The molecule has 1 amide bonds. The Hall–Kier alpha value is -3.53. The summed E-state index contributed by atoms with van der Waals surface area (Å²) >= 11 is -0.724. The van der Waals surface area contributed by atoms with Gasteiger partial charge in [0.05, 0.1) is 9.60 Å². The van der Waals surface area contributed by atoms with E-state index in [0.717, 1.165) is 37.9 Å². The molecule has 0 spiro atoms. The molecule has 0 radical (unpaired) electrons. The second-order valence-electron chi connectivity index (χ2n) is 7.22. The summed E-state index contributed by atoms with van der Waals surface area (Å²) < 4.78 is 24.6. The molecule has 4 aromatic carbocycles. The van der Waals surface area contributed by atoms with E-state index in [0.29, 0.717) is 27.1 Å². The molecule has 7 nitrogen and oxygen atoms in total. The van der Waals surface area contributed by atoms with Crippen LogP contribution >= 0.6 is 11.3 Å². The Morgan fingerprint density at radius 3 is 2.69 bits per heavy atom. The van der Waals surface area contributed by atoms with Crippen LogP contribution in [-0.2, 0) is 15.3 Å². The molecule has 0 saturated heterocycles. The third kappa shape index (κ3) is 2.94. The number of carbonyl (C=O) groups is 1. The average molecular weight is 463 g/mol. The summed E-state index contributed by atoms with van der Waals surface area (Å²) in [4.78, 5) is 24.0. The van der Waals surface area contributed by atoms with Gasteiger partial charge in [0.15, 0.2) is 16.7 Å². The molecule has 1 aromatic heterocycles. The number of nitrogens with one attached hydrogen (secondary N) is 2. The molecule has 5 aromatic rings. The summed E-state index contributed by atoms with van der Waals surface area (Å²) in [7, 11) is 0. The molecule has 9 heteroatoms. The molecular weight excluding hydrogens is 448 g/mol. The van der Waals surface area contributed by atoms with Crippen LogP contribution in [0.5, 0.6) is 0 Å². The van der Waals surface area contributed by atoms with Gasteiger partial charge in [-0.15, -0.1) is 0 Å². The van der Waals surface area contributed by atoms with Crippen LogP contribution in [0.1, 0.15) is 10.4 Å². The predicted octanol–water partition coefficient (Wildman–Crippen LogP) is 4.84. The Morgan fingerprint density at radius 2 is 1.81 bits per heavy atom. The fourth-order valence-corrected chi connectivity index (χ4v) is 5.62. The van der Waals surface area contributed by atoms with Crippen molar-refractivity contribution in [2.75, 3.05) is 17.4 Å². The van der Waals surface area contributed by atoms with Crippen molar-refractivity contribution in [2.24, 2.45) is 0 Å². The molecule has 1 aliphatic rings. The van der Waals surface area contributed by atoms with Gasteiger partial charge in [-0.1, -0.05) is 47.7 Å². The number of amides is 1. The van der Waals surface area contributed by atoms with Crippen LogP contribution in [0.15, 0.2) is 74.8 Å². The van der Waals surface area contributed by atoms with Gasteiger partial charge in [-0.3, -0.25) is 8.98 Å². The molecule has 2 heterocycles.